The number of benzene rings is 2. The van der Waals surface area contributed by atoms with Gasteiger partial charge in [-0.2, -0.15) is 0 Å². The van der Waals surface area contributed by atoms with Crippen LogP contribution in [0.15, 0.2) is 76.2 Å². The number of sulfonamides is 1. The minimum absolute atomic E-state index is 0.0164. The number of carbonyl (C=O) groups is 1. The van der Waals surface area contributed by atoms with E-state index >= 15 is 0 Å². The Morgan fingerprint density at radius 1 is 1.07 bits per heavy atom. The maximum absolute atomic E-state index is 12.3. The molecule has 3 aromatic rings. The quantitative estimate of drug-likeness (QED) is 0.462. The highest BCUT2D eigenvalue weighted by molar-refractivity contribution is 7.89. The Kier molecular flexibility index (Phi) is 5.52. The number of nitro groups is 1. The van der Waals surface area contributed by atoms with E-state index in [-0.39, 0.29) is 22.9 Å². The smallest absolute Gasteiger partial charge is 0.291 e. The summed E-state index contributed by atoms with van der Waals surface area (Å²) in [7, 11) is -3.91. The first-order valence-corrected chi connectivity index (χ1v) is 9.51. The molecule has 1 heterocycles. The third kappa shape index (κ3) is 4.61. The van der Waals surface area contributed by atoms with Gasteiger partial charge in [-0.25, -0.2) is 13.1 Å². The molecule has 28 heavy (non-hydrogen) atoms. The molecule has 3 rings (SSSR count). The van der Waals surface area contributed by atoms with E-state index in [2.05, 4.69) is 10.0 Å². The molecular formula is C18H15N3O6S. The Morgan fingerprint density at radius 3 is 2.46 bits per heavy atom. The molecule has 9 nitrogen and oxygen atoms in total. The normalized spacial score (nSPS) is 11.1. The van der Waals surface area contributed by atoms with Crippen molar-refractivity contribution in [1.82, 2.24) is 4.72 Å². The molecule has 10 heteroatoms. The molecule has 0 aliphatic rings. The van der Waals surface area contributed by atoms with E-state index in [4.69, 9.17) is 4.42 Å². The molecule has 0 aliphatic heterocycles. The van der Waals surface area contributed by atoms with Crippen LogP contribution in [0.3, 0.4) is 0 Å². The Labute approximate surface area is 160 Å². The summed E-state index contributed by atoms with van der Waals surface area (Å²) < 4.78 is 32.0. The number of non-ortho nitro benzene ring substituents is 1. The molecule has 1 amide bonds. The lowest BCUT2D eigenvalue weighted by molar-refractivity contribution is -0.385. The van der Waals surface area contributed by atoms with Crippen molar-refractivity contribution in [1.29, 1.82) is 0 Å². The number of anilines is 1. The Balaban J connectivity index is 1.63. The summed E-state index contributed by atoms with van der Waals surface area (Å²) in [6, 6.07) is 14.5. The first kappa shape index (κ1) is 19.3. The predicted octanol–water partition coefficient (Wildman–Crippen LogP) is 2.92. The van der Waals surface area contributed by atoms with Gasteiger partial charge in [-0.3, -0.25) is 14.9 Å². The van der Waals surface area contributed by atoms with Crippen LogP contribution in [0.5, 0.6) is 0 Å². The molecule has 0 saturated heterocycles. The summed E-state index contributed by atoms with van der Waals surface area (Å²) >= 11 is 0. The molecule has 0 radical (unpaired) electrons. The van der Waals surface area contributed by atoms with Crippen LogP contribution in [-0.4, -0.2) is 19.2 Å². The summed E-state index contributed by atoms with van der Waals surface area (Å²) in [5.74, 6) is -0.224. The van der Waals surface area contributed by atoms with Crippen LogP contribution in [0.25, 0.3) is 0 Å². The molecule has 0 fully saturated rings. The molecule has 0 aliphatic carbocycles. The van der Waals surface area contributed by atoms with Crippen LogP contribution >= 0.6 is 0 Å². The fraction of sp³-hybridized carbons (Fsp3) is 0.0556. The third-order valence-corrected chi connectivity index (χ3v) is 5.16. The predicted molar refractivity (Wildman–Crippen MR) is 100 cm³/mol. The molecule has 144 valence electrons. The molecule has 1 aromatic heterocycles. The largest absolute Gasteiger partial charge is 0.459 e. The van der Waals surface area contributed by atoms with Crippen molar-refractivity contribution >= 4 is 27.3 Å². The van der Waals surface area contributed by atoms with E-state index in [1.165, 1.54) is 30.5 Å². The summed E-state index contributed by atoms with van der Waals surface area (Å²) in [6.45, 7) is -0.0164. The van der Waals surface area contributed by atoms with Gasteiger partial charge in [-0.15, -0.1) is 0 Å². The zero-order valence-corrected chi connectivity index (χ0v) is 15.2. The van der Waals surface area contributed by atoms with E-state index in [1.54, 1.807) is 30.3 Å². The number of carbonyl (C=O) groups excluding carboxylic acids is 1. The summed E-state index contributed by atoms with van der Waals surface area (Å²) in [4.78, 5) is 21.9. The Morgan fingerprint density at radius 2 is 1.82 bits per heavy atom. The highest BCUT2D eigenvalue weighted by Crippen LogP contribution is 2.18. The lowest BCUT2D eigenvalue weighted by atomic mass is 10.2. The third-order valence-electron chi connectivity index (χ3n) is 3.76. The number of hydrogen-bond acceptors (Lipinski definition) is 6. The van der Waals surface area contributed by atoms with Crippen molar-refractivity contribution in [2.45, 2.75) is 11.4 Å². The van der Waals surface area contributed by atoms with Crippen LogP contribution in [0.1, 0.15) is 16.1 Å². The summed E-state index contributed by atoms with van der Waals surface area (Å²) in [5.41, 5.74) is 0.858. The molecule has 0 spiro atoms. The van der Waals surface area contributed by atoms with Crippen LogP contribution in [-0.2, 0) is 16.6 Å². The van der Waals surface area contributed by atoms with Gasteiger partial charge in [0.05, 0.1) is 16.1 Å². The van der Waals surface area contributed by atoms with E-state index in [0.717, 1.165) is 6.07 Å². The van der Waals surface area contributed by atoms with E-state index < -0.39 is 20.9 Å². The lowest BCUT2D eigenvalue weighted by Gasteiger charge is -2.08. The second-order valence-electron chi connectivity index (χ2n) is 5.71. The maximum Gasteiger partial charge on any atom is 0.291 e. The van der Waals surface area contributed by atoms with E-state index in [1.807, 2.05) is 0 Å². The number of nitrogens with zero attached hydrogens (tertiary/aromatic N) is 1. The fourth-order valence-corrected chi connectivity index (χ4v) is 3.39. The molecule has 2 aromatic carbocycles. The molecule has 0 atom stereocenters. The van der Waals surface area contributed by atoms with Crippen LogP contribution in [0.2, 0.25) is 0 Å². The van der Waals surface area contributed by atoms with Crippen LogP contribution in [0, 0.1) is 10.1 Å². The number of furan rings is 1. The van der Waals surface area contributed by atoms with Crippen molar-refractivity contribution in [2.75, 3.05) is 5.32 Å². The van der Waals surface area contributed by atoms with Gasteiger partial charge in [0.2, 0.25) is 10.0 Å². The topological polar surface area (TPSA) is 132 Å². The molecule has 2 N–H and O–H groups in total. The Hall–Kier alpha value is -3.50. The van der Waals surface area contributed by atoms with Crippen LogP contribution in [0.4, 0.5) is 11.4 Å². The first-order valence-electron chi connectivity index (χ1n) is 8.03. The monoisotopic (exact) mass is 401 g/mol. The standard InChI is InChI=1S/C18H15N3O6S/c22-18(17-5-2-10-27-17)20-14-8-6-13(7-9-14)12-19-28(25,26)16-4-1-3-15(11-16)21(23)24/h1-11,19H,12H2,(H,20,22). The van der Waals surface area contributed by atoms with Crippen molar-refractivity contribution in [3.63, 3.8) is 0 Å². The highest BCUT2D eigenvalue weighted by atomic mass is 32.2. The number of rotatable bonds is 7. The summed E-state index contributed by atoms with van der Waals surface area (Å²) in [6.07, 6.45) is 1.39. The van der Waals surface area contributed by atoms with Crippen molar-refractivity contribution in [3.05, 3.63) is 88.4 Å². The van der Waals surface area contributed by atoms with Gasteiger partial charge in [-0.1, -0.05) is 18.2 Å². The summed E-state index contributed by atoms with van der Waals surface area (Å²) in [5, 5.41) is 13.4. The minimum atomic E-state index is -3.91. The van der Waals surface area contributed by atoms with Gasteiger partial charge < -0.3 is 9.73 Å². The molecule has 0 bridgehead atoms. The number of amides is 1. The van der Waals surface area contributed by atoms with Gasteiger partial charge in [0.15, 0.2) is 5.76 Å². The SMILES string of the molecule is O=C(Nc1ccc(CNS(=O)(=O)c2cccc([N+](=O)[O-])c2)cc1)c1ccco1. The highest BCUT2D eigenvalue weighted by Gasteiger charge is 2.17. The molecule has 0 saturated carbocycles. The lowest BCUT2D eigenvalue weighted by Crippen LogP contribution is -2.23. The van der Waals surface area contributed by atoms with E-state index in [9.17, 15) is 23.3 Å². The number of nitro benzene ring substituents is 1. The Bertz CT molecular complexity index is 1090. The maximum atomic E-state index is 12.3. The van der Waals surface area contributed by atoms with Gasteiger partial charge in [0.25, 0.3) is 11.6 Å². The van der Waals surface area contributed by atoms with Gasteiger partial charge in [0, 0.05) is 24.4 Å². The zero-order valence-electron chi connectivity index (χ0n) is 14.4. The first-order chi connectivity index (χ1) is 13.3. The van der Waals surface area contributed by atoms with Crippen LogP contribution < -0.4 is 10.0 Å². The average Bonchev–Trinajstić information content (AvgIpc) is 3.22. The van der Waals surface area contributed by atoms with E-state index in [0.29, 0.717) is 11.3 Å². The van der Waals surface area contributed by atoms with Gasteiger partial charge in [0.1, 0.15) is 0 Å². The zero-order chi connectivity index (χ0) is 20.1. The number of hydrogen-bond donors (Lipinski definition) is 2. The van der Waals surface area contributed by atoms with Crippen molar-refractivity contribution in [2.24, 2.45) is 0 Å². The van der Waals surface area contributed by atoms with Crippen molar-refractivity contribution in [3.8, 4) is 0 Å². The fourth-order valence-electron chi connectivity index (χ4n) is 2.33. The van der Waals surface area contributed by atoms with Gasteiger partial charge >= 0.3 is 0 Å². The van der Waals surface area contributed by atoms with Crippen molar-refractivity contribution < 1.29 is 22.6 Å². The van der Waals surface area contributed by atoms with Gasteiger partial charge in [-0.05, 0) is 35.9 Å². The molecule has 0 unspecified atom stereocenters. The average molecular weight is 401 g/mol. The second kappa shape index (κ2) is 8.03. The molecular weight excluding hydrogens is 386 g/mol. The number of nitrogens with one attached hydrogen (secondary N) is 2. The minimum Gasteiger partial charge on any atom is -0.459 e. The second-order valence-corrected chi connectivity index (χ2v) is 7.47.